The Morgan fingerprint density at radius 2 is 0.583 bits per heavy atom. The summed E-state index contributed by atoms with van der Waals surface area (Å²) in [6, 6.07) is 0. The van der Waals surface area contributed by atoms with Crippen molar-refractivity contribution in [1.29, 1.82) is 0 Å². The molecule has 0 spiro atoms. The van der Waals surface area contributed by atoms with E-state index in [1.807, 2.05) is 0 Å². The van der Waals surface area contributed by atoms with Gasteiger partial charge in [-0.05, 0) is 25.7 Å². The molecule has 0 aromatic carbocycles. The lowest BCUT2D eigenvalue weighted by Crippen LogP contribution is -1.82. The van der Waals surface area contributed by atoms with Crippen LogP contribution in [0.25, 0.3) is 0 Å². The molecule has 0 heteroatoms. The van der Waals surface area contributed by atoms with E-state index in [9.17, 15) is 0 Å². The second-order valence-corrected chi connectivity index (χ2v) is 7.41. The van der Waals surface area contributed by atoms with E-state index in [1.165, 1.54) is 116 Å². The van der Waals surface area contributed by atoms with Gasteiger partial charge < -0.3 is 0 Å². The third kappa shape index (κ3) is 21.7. The van der Waals surface area contributed by atoms with Crippen molar-refractivity contribution in [2.75, 3.05) is 0 Å². The highest BCUT2D eigenvalue weighted by Gasteiger charge is 1.93. The van der Waals surface area contributed by atoms with Gasteiger partial charge in [0.2, 0.25) is 0 Å². The molecule has 0 atom stereocenters. The molecule has 0 bridgehead atoms. The van der Waals surface area contributed by atoms with Crippen molar-refractivity contribution < 1.29 is 0 Å². The van der Waals surface area contributed by atoms with Crippen LogP contribution in [-0.2, 0) is 0 Å². The Bertz CT molecular complexity index is 228. The second kappa shape index (κ2) is 22.7. The first-order valence-corrected chi connectivity index (χ1v) is 11.1. The van der Waals surface area contributed by atoms with Crippen molar-refractivity contribution in [3.05, 3.63) is 26.0 Å². The summed E-state index contributed by atoms with van der Waals surface area (Å²) in [5.41, 5.74) is 0. The van der Waals surface area contributed by atoms with Crippen LogP contribution in [-0.4, -0.2) is 0 Å². The molecule has 0 aliphatic heterocycles. The van der Waals surface area contributed by atoms with E-state index in [0.29, 0.717) is 0 Å². The minimum atomic E-state index is 1.11. The van der Waals surface area contributed by atoms with Crippen LogP contribution >= 0.6 is 0 Å². The van der Waals surface area contributed by atoms with Crippen molar-refractivity contribution >= 4 is 0 Å². The SMILES string of the molecule is [CH2]CCCCCCC/C=C/CCCCCCCCCCCCC[CH2]. The number of allylic oxidation sites excluding steroid dienone is 2. The molecule has 0 saturated carbocycles. The topological polar surface area (TPSA) is 0 Å². The molecule has 142 valence electrons. The van der Waals surface area contributed by atoms with Crippen molar-refractivity contribution in [2.24, 2.45) is 0 Å². The summed E-state index contributed by atoms with van der Waals surface area (Å²) in [5.74, 6) is 0. The highest BCUT2D eigenvalue weighted by Crippen LogP contribution is 2.13. The molecule has 0 aromatic rings. The Morgan fingerprint density at radius 1 is 0.333 bits per heavy atom. The van der Waals surface area contributed by atoms with Gasteiger partial charge in [0.15, 0.2) is 0 Å². The predicted molar refractivity (Wildman–Crippen MR) is 112 cm³/mol. The molecule has 0 aromatic heterocycles. The van der Waals surface area contributed by atoms with Gasteiger partial charge in [0.1, 0.15) is 0 Å². The van der Waals surface area contributed by atoms with Gasteiger partial charge in [0.05, 0.1) is 0 Å². The Hall–Kier alpha value is -0.260. The van der Waals surface area contributed by atoms with Crippen LogP contribution in [0.2, 0.25) is 0 Å². The first kappa shape index (κ1) is 23.7. The van der Waals surface area contributed by atoms with Gasteiger partial charge in [-0.3, -0.25) is 0 Å². The molecular formula is C24H46. The molecular weight excluding hydrogens is 288 g/mol. The summed E-state index contributed by atoms with van der Waals surface area (Å²) < 4.78 is 0. The molecule has 0 aliphatic carbocycles. The van der Waals surface area contributed by atoms with E-state index in [-0.39, 0.29) is 0 Å². The van der Waals surface area contributed by atoms with Crippen LogP contribution < -0.4 is 0 Å². The predicted octanol–water partition coefficient (Wildman–Crippen LogP) is 9.01. The Morgan fingerprint density at radius 3 is 0.875 bits per heavy atom. The van der Waals surface area contributed by atoms with Crippen molar-refractivity contribution in [3.8, 4) is 0 Å². The van der Waals surface area contributed by atoms with Gasteiger partial charge in [0.25, 0.3) is 0 Å². The average Bonchev–Trinajstić information content (AvgIpc) is 2.60. The zero-order valence-corrected chi connectivity index (χ0v) is 16.7. The standard InChI is InChI=1S/C24H46/c1-3-5-7-9-11-13-15-17-19-21-23-24-22-20-18-16-14-12-10-8-6-4-2/h17,19H,1-16,18,20-24H2/b19-17+. The van der Waals surface area contributed by atoms with Gasteiger partial charge in [-0.15, -0.1) is 0 Å². The molecule has 0 N–H and O–H groups in total. The molecule has 0 amide bonds. The normalized spacial score (nSPS) is 11.6. The summed E-state index contributed by atoms with van der Waals surface area (Å²) in [4.78, 5) is 0. The van der Waals surface area contributed by atoms with Gasteiger partial charge in [0, 0.05) is 0 Å². The van der Waals surface area contributed by atoms with Crippen LogP contribution in [0.3, 0.4) is 0 Å². The second-order valence-electron chi connectivity index (χ2n) is 7.41. The lowest BCUT2D eigenvalue weighted by molar-refractivity contribution is 0.547. The van der Waals surface area contributed by atoms with E-state index in [0.717, 1.165) is 12.8 Å². The highest BCUT2D eigenvalue weighted by atomic mass is 14.0. The number of rotatable bonds is 20. The molecule has 24 heavy (non-hydrogen) atoms. The third-order valence-electron chi connectivity index (χ3n) is 4.91. The lowest BCUT2D eigenvalue weighted by atomic mass is 10.0. The van der Waals surface area contributed by atoms with Crippen LogP contribution in [0.4, 0.5) is 0 Å². The van der Waals surface area contributed by atoms with Gasteiger partial charge in [-0.1, -0.05) is 129 Å². The van der Waals surface area contributed by atoms with Crippen LogP contribution in [0.5, 0.6) is 0 Å². The Labute approximate surface area is 154 Å². The van der Waals surface area contributed by atoms with Crippen molar-refractivity contribution in [1.82, 2.24) is 0 Å². The summed E-state index contributed by atoms with van der Waals surface area (Å²) in [6.07, 6.45) is 32.2. The van der Waals surface area contributed by atoms with E-state index in [1.54, 1.807) is 0 Å². The summed E-state index contributed by atoms with van der Waals surface area (Å²) in [6.45, 7) is 7.79. The van der Waals surface area contributed by atoms with Crippen LogP contribution in [0.15, 0.2) is 12.2 Å². The van der Waals surface area contributed by atoms with Crippen LogP contribution in [0, 0.1) is 13.8 Å². The van der Waals surface area contributed by atoms with Gasteiger partial charge >= 0.3 is 0 Å². The maximum atomic E-state index is 3.90. The highest BCUT2D eigenvalue weighted by molar-refractivity contribution is 4.81. The van der Waals surface area contributed by atoms with Gasteiger partial charge in [-0.2, -0.15) is 0 Å². The molecule has 2 radical (unpaired) electrons. The van der Waals surface area contributed by atoms with Gasteiger partial charge in [-0.25, -0.2) is 0 Å². The Balaban J connectivity index is 3.03. The smallest absolute Gasteiger partial charge is 0.0351 e. The molecule has 0 nitrogen and oxygen atoms in total. The zero-order valence-electron chi connectivity index (χ0n) is 16.7. The Kier molecular flexibility index (Phi) is 22.5. The number of hydrogen-bond donors (Lipinski definition) is 0. The molecule has 0 rings (SSSR count). The molecule has 0 fully saturated rings. The fraction of sp³-hybridized carbons (Fsp3) is 0.833. The van der Waals surface area contributed by atoms with E-state index >= 15 is 0 Å². The van der Waals surface area contributed by atoms with Crippen molar-refractivity contribution in [3.63, 3.8) is 0 Å². The summed E-state index contributed by atoms with van der Waals surface area (Å²) >= 11 is 0. The first-order valence-electron chi connectivity index (χ1n) is 11.1. The molecule has 0 saturated heterocycles. The van der Waals surface area contributed by atoms with E-state index < -0.39 is 0 Å². The maximum Gasteiger partial charge on any atom is -0.0351 e. The average molecular weight is 335 g/mol. The number of hydrogen-bond acceptors (Lipinski definition) is 0. The maximum absolute atomic E-state index is 3.90. The fourth-order valence-electron chi connectivity index (χ4n) is 3.23. The quantitative estimate of drug-likeness (QED) is 0.154. The van der Waals surface area contributed by atoms with Crippen molar-refractivity contribution in [2.45, 2.75) is 128 Å². The summed E-state index contributed by atoms with van der Waals surface area (Å²) in [7, 11) is 0. The lowest BCUT2D eigenvalue weighted by Gasteiger charge is -2.02. The molecule has 0 aliphatic rings. The monoisotopic (exact) mass is 334 g/mol. The minimum absolute atomic E-state index is 1.11. The fourth-order valence-corrected chi connectivity index (χ4v) is 3.23. The third-order valence-corrected chi connectivity index (χ3v) is 4.91. The first-order chi connectivity index (χ1) is 11.9. The largest absolute Gasteiger partial charge is 0.0885 e. The van der Waals surface area contributed by atoms with Crippen LogP contribution in [0.1, 0.15) is 128 Å². The zero-order chi connectivity index (χ0) is 17.6. The minimum Gasteiger partial charge on any atom is -0.0885 e. The van der Waals surface area contributed by atoms with E-state index in [4.69, 9.17) is 0 Å². The molecule has 0 unspecified atom stereocenters. The molecule has 0 heterocycles. The van der Waals surface area contributed by atoms with E-state index in [2.05, 4.69) is 26.0 Å². The summed E-state index contributed by atoms with van der Waals surface area (Å²) in [5, 5.41) is 0. The number of unbranched alkanes of at least 4 members (excludes halogenated alkanes) is 18.